The summed E-state index contributed by atoms with van der Waals surface area (Å²) in [7, 11) is 0. The number of alkyl halides is 9. The predicted molar refractivity (Wildman–Crippen MR) is 76.6 cm³/mol. The Labute approximate surface area is 149 Å². The second kappa shape index (κ2) is 7.50. The fraction of sp³-hybridized carbons (Fsp3) is 0.625. The maximum absolute atomic E-state index is 13.9. The second-order valence-corrected chi connectivity index (χ2v) is 6.75. The Morgan fingerprint density at radius 2 is 1.26 bits per heavy atom. The summed E-state index contributed by atoms with van der Waals surface area (Å²) in [4.78, 5) is 9.45. The summed E-state index contributed by atoms with van der Waals surface area (Å²) in [5.41, 5.74) is -1.27. The van der Waals surface area contributed by atoms with E-state index in [2.05, 4.69) is 4.89 Å². The van der Waals surface area contributed by atoms with E-state index < -0.39 is 42.1 Å². The summed E-state index contributed by atoms with van der Waals surface area (Å²) >= 11 is 0. The maximum atomic E-state index is 13.9. The first-order chi connectivity index (χ1) is 11.9. The molecule has 0 aliphatic carbocycles. The van der Waals surface area contributed by atoms with Crippen LogP contribution in [-0.4, -0.2) is 29.5 Å². The smallest absolute Gasteiger partial charge is 0.230 e. The van der Waals surface area contributed by atoms with Gasteiger partial charge in [0.2, 0.25) is 0 Å². The van der Waals surface area contributed by atoms with Crippen molar-refractivity contribution in [2.45, 2.75) is 62.8 Å². The van der Waals surface area contributed by atoms with Crippen LogP contribution in [0.2, 0.25) is 0 Å². The Bertz CT molecular complexity index is 607. The lowest BCUT2D eigenvalue weighted by molar-refractivity contribution is -0.413. The van der Waals surface area contributed by atoms with Crippen molar-refractivity contribution in [2.75, 3.05) is 0 Å². The highest BCUT2D eigenvalue weighted by atomic mass is 19.4. The summed E-state index contributed by atoms with van der Waals surface area (Å²) in [5, 5.41) is 0. The van der Waals surface area contributed by atoms with E-state index in [9.17, 15) is 39.5 Å². The van der Waals surface area contributed by atoms with Crippen molar-refractivity contribution in [3.63, 3.8) is 0 Å². The molecule has 27 heavy (non-hydrogen) atoms. The van der Waals surface area contributed by atoms with Crippen LogP contribution in [0.3, 0.4) is 0 Å². The topological polar surface area (TPSA) is 18.5 Å². The van der Waals surface area contributed by atoms with Gasteiger partial charge in [0.1, 0.15) is 6.10 Å². The first kappa shape index (κ1) is 23.5. The number of hydrogen-bond acceptors (Lipinski definition) is 2. The Kier molecular flexibility index (Phi) is 6.54. The quantitative estimate of drug-likeness (QED) is 0.296. The van der Waals surface area contributed by atoms with E-state index in [1.54, 1.807) is 0 Å². The van der Waals surface area contributed by atoms with E-state index in [1.165, 1.54) is 39.0 Å². The normalized spacial score (nSPS) is 15.7. The molecule has 1 aromatic rings. The van der Waals surface area contributed by atoms with Crippen molar-refractivity contribution in [3.8, 4) is 0 Å². The molecule has 1 rings (SSSR count). The number of hydrogen-bond donors (Lipinski definition) is 0. The van der Waals surface area contributed by atoms with Crippen LogP contribution < -0.4 is 0 Å². The molecule has 156 valence electrons. The van der Waals surface area contributed by atoms with Crippen molar-refractivity contribution >= 4 is 0 Å². The third-order valence-electron chi connectivity index (χ3n) is 3.24. The highest BCUT2D eigenvalue weighted by molar-refractivity contribution is 5.18. The molecule has 0 heterocycles. The molecular weight excluding hydrogens is 395 g/mol. The van der Waals surface area contributed by atoms with Crippen LogP contribution in [0.1, 0.15) is 38.9 Å². The highest BCUT2D eigenvalue weighted by Crippen LogP contribution is 2.55. The van der Waals surface area contributed by atoms with Gasteiger partial charge in [-0.1, -0.05) is 30.3 Å². The van der Waals surface area contributed by atoms with Crippen molar-refractivity contribution in [1.29, 1.82) is 0 Å². The average molecular weight is 412 g/mol. The minimum Gasteiger partial charge on any atom is -0.230 e. The molecule has 0 spiro atoms. The van der Waals surface area contributed by atoms with Gasteiger partial charge in [-0.05, 0) is 26.3 Å². The first-order valence-electron chi connectivity index (χ1n) is 7.52. The Morgan fingerprint density at radius 1 is 0.778 bits per heavy atom. The van der Waals surface area contributed by atoms with Gasteiger partial charge in [-0.3, -0.25) is 0 Å². The third kappa shape index (κ3) is 5.28. The van der Waals surface area contributed by atoms with Crippen molar-refractivity contribution in [1.82, 2.24) is 0 Å². The fourth-order valence-electron chi connectivity index (χ4n) is 1.85. The zero-order valence-electron chi connectivity index (χ0n) is 14.4. The van der Waals surface area contributed by atoms with Gasteiger partial charge >= 0.3 is 23.9 Å². The van der Waals surface area contributed by atoms with Gasteiger partial charge in [-0.2, -0.15) is 39.5 Å². The largest absolute Gasteiger partial charge is 0.460 e. The summed E-state index contributed by atoms with van der Waals surface area (Å²) in [6.07, 6.45) is -11.1. The Hall–Kier alpha value is -1.49. The van der Waals surface area contributed by atoms with Gasteiger partial charge < -0.3 is 0 Å². The summed E-state index contributed by atoms with van der Waals surface area (Å²) in [5.74, 6) is -19.4. The predicted octanol–water partition coefficient (Wildman–Crippen LogP) is 6.33. The molecule has 1 aromatic carbocycles. The number of halogens is 9. The van der Waals surface area contributed by atoms with E-state index in [-0.39, 0.29) is 5.56 Å². The molecule has 0 fully saturated rings. The standard InChI is InChI=1S/C16H17F9O2/c1-12(2,3)27-26-11(10-7-5-4-6-8-10)9-13(17,18)14(19,20)15(21,22)16(23,24)25/h4-8,11H,9H2,1-3H3. The average Bonchev–Trinajstić information content (AvgIpc) is 2.50. The second-order valence-electron chi connectivity index (χ2n) is 6.75. The molecule has 1 atom stereocenters. The lowest BCUT2D eigenvalue weighted by Gasteiger charge is -2.35. The van der Waals surface area contributed by atoms with Gasteiger partial charge in [0.15, 0.2) is 0 Å². The van der Waals surface area contributed by atoms with Crippen LogP contribution in [0.15, 0.2) is 30.3 Å². The minimum absolute atomic E-state index is 0.174. The fourth-order valence-corrected chi connectivity index (χ4v) is 1.85. The summed E-state index contributed by atoms with van der Waals surface area (Å²) in [6, 6.07) is 6.35. The molecular formula is C16H17F9O2. The zero-order valence-corrected chi connectivity index (χ0v) is 14.4. The third-order valence-corrected chi connectivity index (χ3v) is 3.24. The van der Waals surface area contributed by atoms with Gasteiger partial charge in [-0.15, -0.1) is 0 Å². The van der Waals surface area contributed by atoms with E-state index in [1.807, 2.05) is 0 Å². The molecule has 0 saturated carbocycles. The van der Waals surface area contributed by atoms with Crippen LogP contribution in [0.5, 0.6) is 0 Å². The summed E-state index contributed by atoms with van der Waals surface area (Å²) in [6.45, 7) is 4.25. The molecule has 0 bridgehead atoms. The molecule has 0 aliphatic rings. The molecule has 0 aromatic heterocycles. The number of benzene rings is 1. The van der Waals surface area contributed by atoms with E-state index in [0.29, 0.717) is 0 Å². The summed E-state index contributed by atoms with van der Waals surface area (Å²) < 4.78 is 117. The van der Waals surface area contributed by atoms with Crippen molar-refractivity contribution in [3.05, 3.63) is 35.9 Å². The molecule has 2 nitrogen and oxygen atoms in total. The van der Waals surface area contributed by atoms with Gasteiger partial charge in [0, 0.05) is 0 Å². The molecule has 11 heteroatoms. The SMILES string of the molecule is CC(C)(C)OOC(CC(F)(F)C(F)(F)C(F)(F)C(F)(F)F)c1ccccc1. The van der Waals surface area contributed by atoms with Gasteiger partial charge in [0.05, 0.1) is 12.0 Å². The van der Waals surface area contributed by atoms with Crippen molar-refractivity contribution in [2.24, 2.45) is 0 Å². The molecule has 0 radical (unpaired) electrons. The lowest BCUT2D eigenvalue weighted by Crippen LogP contribution is -2.61. The van der Waals surface area contributed by atoms with Crippen LogP contribution in [0.25, 0.3) is 0 Å². The minimum atomic E-state index is -6.95. The lowest BCUT2D eigenvalue weighted by atomic mass is 9.95. The highest BCUT2D eigenvalue weighted by Gasteiger charge is 2.81. The van der Waals surface area contributed by atoms with Crippen LogP contribution in [0, 0.1) is 0 Å². The number of rotatable bonds is 7. The van der Waals surface area contributed by atoms with E-state index in [4.69, 9.17) is 4.89 Å². The van der Waals surface area contributed by atoms with Gasteiger partial charge in [0.25, 0.3) is 0 Å². The molecule has 0 N–H and O–H groups in total. The molecule has 0 saturated heterocycles. The zero-order chi connectivity index (χ0) is 21.3. The molecule has 0 aliphatic heterocycles. The monoisotopic (exact) mass is 412 g/mol. The van der Waals surface area contributed by atoms with Crippen LogP contribution in [-0.2, 0) is 9.78 Å². The van der Waals surface area contributed by atoms with Crippen molar-refractivity contribution < 1.29 is 49.3 Å². The van der Waals surface area contributed by atoms with Crippen LogP contribution in [0.4, 0.5) is 39.5 Å². The maximum Gasteiger partial charge on any atom is 0.460 e. The van der Waals surface area contributed by atoms with Gasteiger partial charge in [-0.25, -0.2) is 9.78 Å². The first-order valence-corrected chi connectivity index (χ1v) is 7.52. The molecule has 0 amide bonds. The van der Waals surface area contributed by atoms with E-state index >= 15 is 0 Å². The van der Waals surface area contributed by atoms with Crippen LogP contribution >= 0.6 is 0 Å². The van der Waals surface area contributed by atoms with E-state index in [0.717, 1.165) is 12.1 Å². The Balaban J connectivity index is 3.21. The molecule has 1 unspecified atom stereocenters. The Morgan fingerprint density at radius 3 is 1.67 bits per heavy atom.